The fraction of sp³-hybridized carbons (Fsp3) is 0.235. The Bertz CT molecular complexity index is 628. The van der Waals surface area contributed by atoms with Crippen molar-refractivity contribution in [3.05, 3.63) is 70.8 Å². The molecule has 1 heterocycles. The van der Waals surface area contributed by atoms with Crippen LogP contribution in [-0.4, -0.2) is 19.0 Å². The number of hydrogen-bond donors (Lipinski definition) is 0. The van der Waals surface area contributed by atoms with Gasteiger partial charge < -0.3 is 9.47 Å². The highest BCUT2D eigenvalue weighted by molar-refractivity contribution is 6.09. The van der Waals surface area contributed by atoms with E-state index in [-0.39, 0.29) is 12.1 Å². The van der Waals surface area contributed by atoms with E-state index in [9.17, 15) is 4.79 Å². The summed E-state index contributed by atoms with van der Waals surface area (Å²) in [4.78, 5) is 12.5. The number of aryl methyl sites for hydroxylation is 1. The Balaban J connectivity index is 1.90. The molecule has 0 unspecified atom stereocenters. The summed E-state index contributed by atoms with van der Waals surface area (Å²) < 4.78 is 10.9. The molecule has 3 heteroatoms. The topological polar surface area (TPSA) is 35.5 Å². The maximum Gasteiger partial charge on any atom is 0.193 e. The van der Waals surface area contributed by atoms with Gasteiger partial charge in [0.25, 0.3) is 0 Å². The van der Waals surface area contributed by atoms with E-state index in [4.69, 9.17) is 9.47 Å². The molecule has 1 aliphatic rings. The zero-order valence-electron chi connectivity index (χ0n) is 11.3. The fourth-order valence-corrected chi connectivity index (χ4v) is 2.33. The Morgan fingerprint density at radius 1 is 1.00 bits per heavy atom. The summed E-state index contributed by atoms with van der Waals surface area (Å²) in [5.74, 6) is 0.0218. The van der Waals surface area contributed by atoms with Crippen molar-refractivity contribution in [1.82, 2.24) is 0 Å². The number of benzene rings is 2. The van der Waals surface area contributed by atoms with Gasteiger partial charge in [0.2, 0.25) is 0 Å². The average molecular weight is 268 g/mol. The van der Waals surface area contributed by atoms with Gasteiger partial charge in [0, 0.05) is 16.7 Å². The fourth-order valence-electron chi connectivity index (χ4n) is 2.33. The molecule has 2 aromatic rings. The van der Waals surface area contributed by atoms with Gasteiger partial charge in [0.15, 0.2) is 12.1 Å². The molecule has 1 aliphatic heterocycles. The largest absolute Gasteiger partial charge is 0.346 e. The molecule has 0 radical (unpaired) electrons. The monoisotopic (exact) mass is 268 g/mol. The second kappa shape index (κ2) is 5.57. The number of ether oxygens (including phenoxy) is 2. The summed E-state index contributed by atoms with van der Waals surface area (Å²) in [5.41, 5.74) is 3.33. The van der Waals surface area contributed by atoms with Gasteiger partial charge in [-0.1, -0.05) is 42.0 Å². The first-order valence-electron chi connectivity index (χ1n) is 6.68. The Hall–Kier alpha value is -1.97. The second-order valence-electron chi connectivity index (χ2n) is 4.90. The average Bonchev–Trinajstić information content (AvgIpc) is 3.01. The maximum absolute atomic E-state index is 12.5. The van der Waals surface area contributed by atoms with E-state index in [1.54, 1.807) is 0 Å². The summed E-state index contributed by atoms with van der Waals surface area (Å²) in [6.07, 6.45) is -0.347. The third-order valence-electron chi connectivity index (χ3n) is 3.32. The van der Waals surface area contributed by atoms with Crippen LogP contribution < -0.4 is 0 Å². The van der Waals surface area contributed by atoms with Crippen LogP contribution in [0, 0.1) is 6.92 Å². The van der Waals surface area contributed by atoms with Gasteiger partial charge in [-0.3, -0.25) is 4.79 Å². The number of ketones is 1. The molecule has 102 valence electrons. The normalized spacial score (nSPS) is 15.4. The second-order valence-corrected chi connectivity index (χ2v) is 4.90. The lowest BCUT2D eigenvalue weighted by molar-refractivity contribution is -0.0441. The number of rotatable bonds is 3. The van der Waals surface area contributed by atoms with Crippen LogP contribution in [-0.2, 0) is 9.47 Å². The smallest absolute Gasteiger partial charge is 0.193 e. The molecule has 3 nitrogen and oxygen atoms in total. The quantitative estimate of drug-likeness (QED) is 0.801. The lowest BCUT2D eigenvalue weighted by Crippen LogP contribution is -2.04. The summed E-state index contributed by atoms with van der Waals surface area (Å²) in [6, 6.07) is 15.1. The highest BCUT2D eigenvalue weighted by atomic mass is 16.7. The molecular weight excluding hydrogens is 252 g/mol. The van der Waals surface area contributed by atoms with Crippen LogP contribution in [0.4, 0.5) is 0 Å². The van der Waals surface area contributed by atoms with Crippen LogP contribution >= 0.6 is 0 Å². The van der Waals surface area contributed by atoms with Crippen molar-refractivity contribution in [2.24, 2.45) is 0 Å². The predicted molar refractivity (Wildman–Crippen MR) is 75.7 cm³/mol. The van der Waals surface area contributed by atoms with Crippen molar-refractivity contribution in [3.63, 3.8) is 0 Å². The van der Waals surface area contributed by atoms with E-state index in [0.717, 1.165) is 11.1 Å². The minimum absolute atomic E-state index is 0.0218. The van der Waals surface area contributed by atoms with E-state index in [0.29, 0.717) is 24.3 Å². The van der Waals surface area contributed by atoms with Gasteiger partial charge in [-0.15, -0.1) is 0 Å². The zero-order valence-corrected chi connectivity index (χ0v) is 11.3. The van der Waals surface area contributed by atoms with Crippen molar-refractivity contribution in [1.29, 1.82) is 0 Å². The van der Waals surface area contributed by atoms with Crippen molar-refractivity contribution in [2.45, 2.75) is 13.2 Å². The first kappa shape index (κ1) is 13.0. The van der Waals surface area contributed by atoms with Crippen LogP contribution in [0.15, 0.2) is 48.5 Å². The Morgan fingerprint density at radius 2 is 1.65 bits per heavy atom. The van der Waals surface area contributed by atoms with Gasteiger partial charge in [-0.25, -0.2) is 0 Å². The van der Waals surface area contributed by atoms with E-state index in [1.807, 2.05) is 55.5 Å². The van der Waals surface area contributed by atoms with Gasteiger partial charge in [-0.2, -0.15) is 0 Å². The highest BCUT2D eigenvalue weighted by Crippen LogP contribution is 2.24. The maximum atomic E-state index is 12.5. The summed E-state index contributed by atoms with van der Waals surface area (Å²) in [7, 11) is 0. The van der Waals surface area contributed by atoms with E-state index >= 15 is 0 Å². The lowest BCUT2D eigenvalue weighted by Gasteiger charge is -2.10. The molecule has 0 N–H and O–H groups in total. The SMILES string of the molecule is Cc1cccc(C(=O)c2cccc(C3OCCO3)c2)c1. The predicted octanol–water partition coefficient (Wildman–Crippen LogP) is 3.27. The number of carbonyl (C=O) groups excluding carboxylic acids is 1. The molecule has 2 aromatic carbocycles. The highest BCUT2D eigenvalue weighted by Gasteiger charge is 2.19. The van der Waals surface area contributed by atoms with Crippen LogP contribution in [0.2, 0.25) is 0 Å². The van der Waals surface area contributed by atoms with E-state index in [1.165, 1.54) is 0 Å². The van der Waals surface area contributed by atoms with Gasteiger partial charge in [0.1, 0.15) is 0 Å². The van der Waals surface area contributed by atoms with Crippen molar-refractivity contribution in [3.8, 4) is 0 Å². The summed E-state index contributed by atoms with van der Waals surface area (Å²) in [6.45, 7) is 3.18. The molecule has 1 fully saturated rings. The molecule has 0 spiro atoms. The Morgan fingerprint density at radius 3 is 2.35 bits per heavy atom. The van der Waals surface area contributed by atoms with E-state index in [2.05, 4.69) is 0 Å². The zero-order chi connectivity index (χ0) is 13.9. The minimum atomic E-state index is -0.347. The molecule has 0 aliphatic carbocycles. The van der Waals surface area contributed by atoms with Crippen LogP contribution in [0.1, 0.15) is 33.3 Å². The van der Waals surface area contributed by atoms with Crippen molar-refractivity contribution < 1.29 is 14.3 Å². The van der Waals surface area contributed by atoms with Crippen LogP contribution in [0.25, 0.3) is 0 Å². The molecular formula is C17H16O3. The Labute approximate surface area is 118 Å². The molecule has 0 saturated carbocycles. The number of carbonyl (C=O) groups is 1. The third-order valence-corrected chi connectivity index (χ3v) is 3.32. The molecule has 0 aromatic heterocycles. The molecule has 1 saturated heterocycles. The molecule has 0 atom stereocenters. The summed E-state index contributed by atoms with van der Waals surface area (Å²) >= 11 is 0. The first-order valence-corrected chi connectivity index (χ1v) is 6.68. The molecule has 0 bridgehead atoms. The van der Waals surface area contributed by atoms with Crippen LogP contribution in [0.5, 0.6) is 0 Å². The first-order chi connectivity index (χ1) is 9.74. The van der Waals surface area contributed by atoms with Crippen molar-refractivity contribution >= 4 is 5.78 Å². The van der Waals surface area contributed by atoms with E-state index < -0.39 is 0 Å². The third kappa shape index (κ3) is 2.64. The minimum Gasteiger partial charge on any atom is -0.346 e. The number of hydrogen-bond acceptors (Lipinski definition) is 3. The molecule has 0 amide bonds. The Kier molecular flexibility index (Phi) is 3.63. The molecule has 20 heavy (non-hydrogen) atoms. The molecule has 3 rings (SSSR count). The standard InChI is InChI=1S/C17H16O3/c1-12-4-2-5-13(10-12)16(18)14-6-3-7-15(11-14)17-19-8-9-20-17/h2-7,10-11,17H,8-9H2,1H3. The van der Waals surface area contributed by atoms with Gasteiger partial charge >= 0.3 is 0 Å². The summed E-state index contributed by atoms with van der Waals surface area (Å²) in [5, 5.41) is 0. The lowest BCUT2D eigenvalue weighted by atomic mass is 10.00. The van der Waals surface area contributed by atoms with Gasteiger partial charge in [0.05, 0.1) is 13.2 Å². The van der Waals surface area contributed by atoms with Crippen molar-refractivity contribution in [2.75, 3.05) is 13.2 Å². The van der Waals surface area contributed by atoms with Crippen LogP contribution in [0.3, 0.4) is 0 Å². The van der Waals surface area contributed by atoms with Gasteiger partial charge in [-0.05, 0) is 19.1 Å².